The van der Waals surface area contributed by atoms with Gasteiger partial charge in [0.2, 0.25) is 0 Å². The minimum absolute atomic E-state index is 0.388. The lowest BCUT2D eigenvalue weighted by Gasteiger charge is -2.44. The third-order valence-corrected chi connectivity index (χ3v) is 5.06. The molecule has 3 heteroatoms. The molecule has 0 aromatic heterocycles. The first-order valence-electron chi connectivity index (χ1n) is 9.13. The van der Waals surface area contributed by atoms with Crippen LogP contribution in [0, 0.1) is 0 Å². The van der Waals surface area contributed by atoms with Crippen LogP contribution in [-0.2, 0) is 11.3 Å². The van der Waals surface area contributed by atoms with Gasteiger partial charge in [-0.25, -0.2) is 0 Å². The molecular weight excluding hydrogens is 310 g/mol. The van der Waals surface area contributed by atoms with Crippen molar-refractivity contribution in [3.8, 4) is 5.75 Å². The highest BCUT2D eigenvalue weighted by Gasteiger charge is 2.34. The van der Waals surface area contributed by atoms with Crippen LogP contribution < -0.4 is 4.74 Å². The number of rotatable bonds is 6. The Kier molecular flexibility index (Phi) is 5.14. The Morgan fingerprint density at radius 3 is 2.48 bits per heavy atom. The molecule has 2 aliphatic rings. The zero-order valence-corrected chi connectivity index (χ0v) is 14.5. The lowest BCUT2D eigenvalue weighted by molar-refractivity contribution is -0.0443. The SMILES string of the molecule is C1=C(CCOc2ccccc2)CC2COCC1N2Cc1ccccc1. The van der Waals surface area contributed by atoms with E-state index in [4.69, 9.17) is 9.47 Å². The van der Waals surface area contributed by atoms with E-state index in [1.54, 1.807) is 0 Å². The normalized spacial score (nSPS) is 23.1. The van der Waals surface area contributed by atoms with Crippen molar-refractivity contribution >= 4 is 0 Å². The highest BCUT2D eigenvalue weighted by molar-refractivity contribution is 5.22. The van der Waals surface area contributed by atoms with Crippen LogP contribution in [0.5, 0.6) is 5.75 Å². The zero-order chi connectivity index (χ0) is 16.9. The van der Waals surface area contributed by atoms with Gasteiger partial charge in [-0.2, -0.15) is 0 Å². The van der Waals surface area contributed by atoms with Gasteiger partial charge in [-0.1, -0.05) is 60.2 Å². The fourth-order valence-corrected chi connectivity index (χ4v) is 3.79. The number of fused-ring (bicyclic) bond motifs is 2. The van der Waals surface area contributed by atoms with Crippen molar-refractivity contribution < 1.29 is 9.47 Å². The van der Waals surface area contributed by atoms with Gasteiger partial charge >= 0.3 is 0 Å². The van der Waals surface area contributed by atoms with E-state index >= 15 is 0 Å². The molecule has 0 spiro atoms. The summed E-state index contributed by atoms with van der Waals surface area (Å²) in [7, 11) is 0. The maximum atomic E-state index is 5.87. The second-order valence-electron chi connectivity index (χ2n) is 6.86. The molecular formula is C22H25NO2. The molecule has 0 saturated carbocycles. The first-order chi connectivity index (χ1) is 12.4. The minimum atomic E-state index is 0.388. The van der Waals surface area contributed by atoms with Crippen LogP contribution >= 0.6 is 0 Å². The molecule has 0 N–H and O–H groups in total. The van der Waals surface area contributed by atoms with E-state index in [1.807, 2.05) is 30.3 Å². The molecule has 2 heterocycles. The molecule has 0 aliphatic carbocycles. The van der Waals surface area contributed by atoms with E-state index in [1.165, 1.54) is 11.1 Å². The Bertz CT molecular complexity index is 698. The summed E-state index contributed by atoms with van der Waals surface area (Å²) in [4.78, 5) is 2.60. The molecule has 1 fully saturated rings. The van der Waals surface area contributed by atoms with Crippen LogP contribution in [-0.4, -0.2) is 36.8 Å². The fraction of sp³-hybridized carbons (Fsp3) is 0.364. The quantitative estimate of drug-likeness (QED) is 0.743. The fourth-order valence-electron chi connectivity index (χ4n) is 3.79. The molecule has 2 aromatic carbocycles. The van der Waals surface area contributed by atoms with Crippen molar-refractivity contribution in [2.24, 2.45) is 0 Å². The number of morpholine rings is 1. The predicted molar refractivity (Wildman–Crippen MR) is 99.6 cm³/mol. The zero-order valence-electron chi connectivity index (χ0n) is 14.5. The Labute approximate surface area is 149 Å². The summed E-state index contributed by atoms with van der Waals surface area (Å²) in [6.07, 6.45) is 4.50. The predicted octanol–water partition coefficient (Wildman–Crippen LogP) is 4.06. The standard InChI is InChI=1S/C22H25NO2/c1-3-7-18(8-4-1)15-23-20-13-19(14-21(23)17-24-16-20)11-12-25-22-9-5-2-6-10-22/h1-10,13,20-21H,11-12,14-17H2. The van der Waals surface area contributed by atoms with Crippen molar-refractivity contribution in [3.05, 3.63) is 77.9 Å². The summed E-state index contributed by atoms with van der Waals surface area (Å²) in [6.45, 7) is 3.38. The van der Waals surface area contributed by atoms with Crippen molar-refractivity contribution in [3.63, 3.8) is 0 Å². The number of para-hydroxylation sites is 1. The number of hydrogen-bond donors (Lipinski definition) is 0. The maximum Gasteiger partial charge on any atom is 0.119 e. The van der Waals surface area contributed by atoms with E-state index in [0.29, 0.717) is 12.1 Å². The van der Waals surface area contributed by atoms with Gasteiger partial charge in [0.1, 0.15) is 5.75 Å². The van der Waals surface area contributed by atoms with Gasteiger partial charge in [-0.15, -0.1) is 0 Å². The van der Waals surface area contributed by atoms with E-state index in [-0.39, 0.29) is 0 Å². The van der Waals surface area contributed by atoms with Gasteiger partial charge in [0, 0.05) is 19.0 Å². The highest BCUT2D eigenvalue weighted by Crippen LogP contribution is 2.30. The smallest absolute Gasteiger partial charge is 0.119 e. The topological polar surface area (TPSA) is 21.7 Å². The van der Waals surface area contributed by atoms with E-state index < -0.39 is 0 Å². The molecule has 2 aliphatic heterocycles. The average Bonchev–Trinajstić information content (AvgIpc) is 2.64. The molecule has 0 amide bonds. The van der Waals surface area contributed by atoms with E-state index in [0.717, 1.165) is 45.0 Å². The summed E-state index contributed by atoms with van der Waals surface area (Å²) < 4.78 is 11.7. The second kappa shape index (κ2) is 7.85. The monoisotopic (exact) mass is 335 g/mol. The molecule has 2 aromatic rings. The number of ether oxygens (including phenoxy) is 2. The summed E-state index contributed by atoms with van der Waals surface area (Å²) in [5, 5.41) is 0. The van der Waals surface area contributed by atoms with Crippen molar-refractivity contribution in [2.75, 3.05) is 19.8 Å². The van der Waals surface area contributed by atoms with Crippen LogP contribution in [0.4, 0.5) is 0 Å². The van der Waals surface area contributed by atoms with Gasteiger partial charge in [-0.05, 0) is 24.1 Å². The largest absolute Gasteiger partial charge is 0.493 e. The lowest BCUT2D eigenvalue weighted by atomic mass is 9.92. The third kappa shape index (κ3) is 4.12. The molecule has 130 valence electrons. The van der Waals surface area contributed by atoms with Gasteiger partial charge in [0.05, 0.1) is 25.9 Å². The summed E-state index contributed by atoms with van der Waals surface area (Å²) >= 11 is 0. The molecule has 2 unspecified atom stereocenters. The Morgan fingerprint density at radius 1 is 0.960 bits per heavy atom. The second-order valence-corrected chi connectivity index (χ2v) is 6.86. The van der Waals surface area contributed by atoms with E-state index in [9.17, 15) is 0 Å². The summed E-state index contributed by atoms with van der Waals surface area (Å²) in [6, 6.07) is 21.7. The number of benzene rings is 2. The van der Waals surface area contributed by atoms with Gasteiger partial charge in [0.25, 0.3) is 0 Å². The number of hydrogen-bond acceptors (Lipinski definition) is 3. The van der Waals surface area contributed by atoms with E-state index in [2.05, 4.69) is 41.3 Å². The van der Waals surface area contributed by atoms with Gasteiger partial charge in [-0.3, -0.25) is 4.90 Å². The Hall–Kier alpha value is -2.10. The first-order valence-corrected chi connectivity index (χ1v) is 9.13. The molecule has 25 heavy (non-hydrogen) atoms. The van der Waals surface area contributed by atoms with Gasteiger partial charge in [0.15, 0.2) is 0 Å². The Balaban J connectivity index is 1.37. The maximum absolute atomic E-state index is 5.87. The molecule has 4 rings (SSSR count). The summed E-state index contributed by atoms with van der Waals surface area (Å²) in [5.41, 5.74) is 2.89. The van der Waals surface area contributed by atoms with Crippen molar-refractivity contribution in [2.45, 2.75) is 31.5 Å². The van der Waals surface area contributed by atoms with Gasteiger partial charge < -0.3 is 9.47 Å². The third-order valence-electron chi connectivity index (χ3n) is 5.06. The molecule has 0 radical (unpaired) electrons. The van der Waals surface area contributed by atoms with Crippen LogP contribution in [0.1, 0.15) is 18.4 Å². The van der Waals surface area contributed by atoms with Crippen LogP contribution in [0.25, 0.3) is 0 Å². The Morgan fingerprint density at radius 2 is 1.72 bits per heavy atom. The van der Waals surface area contributed by atoms with Crippen molar-refractivity contribution in [1.29, 1.82) is 0 Å². The average molecular weight is 335 g/mol. The molecule has 1 saturated heterocycles. The first kappa shape index (κ1) is 16.4. The lowest BCUT2D eigenvalue weighted by Crippen LogP contribution is -2.53. The van der Waals surface area contributed by atoms with Crippen LogP contribution in [0.15, 0.2) is 72.3 Å². The molecule has 2 atom stereocenters. The van der Waals surface area contributed by atoms with Crippen LogP contribution in [0.2, 0.25) is 0 Å². The van der Waals surface area contributed by atoms with Crippen molar-refractivity contribution in [1.82, 2.24) is 4.90 Å². The number of nitrogens with zero attached hydrogens (tertiary/aromatic N) is 1. The van der Waals surface area contributed by atoms with Crippen LogP contribution in [0.3, 0.4) is 0 Å². The molecule has 2 bridgehead atoms. The molecule has 3 nitrogen and oxygen atoms in total. The minimum Gasteiger partial charge on any atom is -0.493 e. The summed E-state index contributed by atoms with van der Waals surface area (Å²) in [5.74, 6) is 0.952. The highest BCUT2D eigenvalue weighted by atomic mass is 16.5.